The van der Waals surface area contributed by atoms with Crippen molar-refractivity contribution in [3.63, 3.8) is 0 Å². The molecule has 2 aromatic rings. The van der Waals surface area contributed by atoms with Crippen LogP contribution in [0, 0.1) is 0 Å². The first-order valence-electron chi connectivity index (χ1n) is 7.62. The second-order valence-corrected chi connectivity index (χ2v) is 9.29. The minimum Gasteiger partial charge on any atom is -0.340 e. The van der Waals surface area contributed by atoms with Crippen molar-refractivity contribution in [2.75, 3.05) is 31.4 Å². The molecule has 2 aromatic carbocycles. The van der Waals surface area contributed by atoms with E-state index in [1.807, 2.05) is 18.2 Å². The first kappa shape index (κ1) is 17.6. The molecule has 0 saturated carbocycles. The quantitative estimate of drug-likeness (QED) is 0.728. The molecule has 0 saturated heterocycles. The fraction of sp³-hybridized carbons (Fsp3) is 0.294. The Morgan fingerprint density at radius 3 is 2.50 bits per heavy atom. The summed E-state index contributed by atoms with van der Waals surface area (Å²) in [4.78, 5) is 4.70. The first-order chi connectivity index (χ1) is 11.4. The number of hydrogen-bond acceptors (Lipinski definition) is 4. The van der Waals surface area contributed by atoms with Crippen LogP contribution in [0.1, 0.15) is 6.42 Å². The van der Waals surface area contributed by atoms with Gasteiger partial charge in [-0.2, -0.15) is 0 Å². The average molecular weight is 383 g/mol. The van der Waals surface area contributed by atoms with E-state index in [4.69, 9.17) is 11.6 Å². The summed E-state index contributed by atoms with van der Waals surface area (Å²) in [6.45, 7) is 0.750. The highest BCUT2D eigenvalue weighted by atomic mass is 35.5. The van der Waals surface area contributed by atoms with E-state index in [1.54, 1.807) is 38.0 Å². The monoisotopic (exact) mass is 382 g/mol. The Kier molecular flexibility index (Phi) is 5.11. The predicted octanol–water partition coefficient (Wildman–Crippen LogP) is 4.17. The molecule has 0 amide bonds. The lowest BCUT2D eigenvalue weighted by molar-refractivity contribution is 0.520. The fourth-order valence-electron chi connectivity index (χ4n) is 2.64. The first-order valence-corrected chi connectivity index (χ1v) is 10.4. The van der Waals surface area contributed by atoms with Gasteiger partial charge in [0.25, 0.3) is 0 Å². The van der Waals surface area contributed by atoms with E-state index in [0.717, 1.165) is 29.2 Å². The minimum atomic E-state index is -3.46. The molecule has 1 aliphatic rings. The molecule has 128 valence electrons. The maximum atomic E-state index is 12.5. The van der Waals surface area contributed by atoms with Crippen LogP contribution in [-0.2, 0) is 10.0 Å². The van der Waals surface area contributed by atoms with Gasteiger partial charge in [0.05, 0.1) is 16.3 Å². The molecule has 0 N–H and O–H groups in total. The molecule has 4 nitrogen and oxygen atoms in total. The van der Waals surface area contributed by atoms with Crippen molar-refractivity contribution in [1.82, 2.24) is 4.31 Å². The molecule has 0 bridgehead atoms. The number of sulfonamides is 1. The third-order valence-corrected chi connectivity index (χ3v) is 7.10. The Labute approximate surface area is 152 Å². The zero-order valence-corrected chi connectivity index (χ0v) is 16.0. The van der Waals surface area contributed by atoms with Crippen LogP contribution in [0.25, 0.3) is 0 Å². The van der Waals surface area contributed by atoms with Crippen molar-refractivity contribution >= 4 is 44.8 Å². The number of nitrogens with zero attached hydrogens (tertiary/aromatic N) is 2. The topological polar surface area (TPSA) is 40.6 Å². The Balaban J connectivity index is 2.11. The van der Waals surface area contributed by atoms with Crippen LogP contribution in [0.2, 0.25) is 0 Å². The zero-order valence-electron chi connectivity index (χ0n) is 13.6. The molecule has 7 heteroatoms. The highest BCUT2D eigenvalue weighted by Gasteiger charge is 2.26. The molecule has 0 atom stereocenters. The second kappa shape index (κ2) is 6.96. The van der Waals surface area contributed by atoms with E-state index in [1.165, 1.54) is 9.20 Å². The van der Waals surface area contributed by atoms with Crippen molar-refractivity contribution < 1.29 is 8.42 Å². The van der Waals surface area contributed by atoms with Gasteiger partial charge in [0.2, 0.25) is 10.0 Å². The largest absolute Gasteiger partial charge is 0.340 e. The standard InChI is InChI=1S/C17H19ClN2O2S2/c1-19(2)24(21,22)13-8-9-17-15(12-13)20(11-5-10-18)14-6-3-4-7-16(14)23-17/h3-4,6-9,12H,5,10-11H2,1-2H3. The Bertz CT molecular complexity index is 853. The van der Waals surface area contributed by atoms with Gasteiger partial charge in [-0.15, -0.1) is 11.6 Å². The van der Waals surface area contributed by atoms with Crippen LogP contribution in [0.3, 0.4) is 0 Å². The second-order valence-electron chi connectivity index (χ2n) is 5.68. The number of para-hydroxylation sites is 1. The molecule has 0 aromatic heterocycles. The summed E-state index contributed by atoms with van der Waals surface area (Å²) >= 11 is 7.55. The number of fused-ring (bicyclic) bond motifs is 2. The summed E-state index contributed by atoms with van der Waals surface area (Å²) in [6, 6.07) is 13.5. The highest BCUT2D eigenvalue weighted by molar-refractivity contribution is 7.99. The fourth-order valence-corrected chi connectivity index (χ4v) is 4.76. The van der Waals surface area contributed by atoms with Gasteiger partial charge in [0.15, 0.2) is 0 Å². The number of rotatable bonds is 5. The molecule has 3 rings (SSSR count). The number of benzene rings is 2. The normalized spacial score (nSPS) is 13.8. The molecule has 24 heavy (non-hydrogen) atoms. The van der Waals surface area contributed by atoms with Crippen LogP contribution >= 0.6 is 23.4 Å². The van der Waals surface area contributed by atoms with Gasteiger partial charge in [-0.1, -0.05) is 23.9 Å². The average Bonchev–Trinajstić information content (AvgIpc) is 2.58. The minimum absolute atomic E-state index is 0.308. The Morgan fingerprint density at radius 1 is 1.08 bits per heavy atom. The van der Waals surface area contributed by atoms with Crippen LogP contribution < -0.4 is 4.90 Å². The third kappa shape index (κ3) is 3.16. The van der Waals surface area contributed by atoms with Crippen molar-refractivity contribution in [1.29, 1.82) is 0 Å². The molecule has 0 unspecified atom stereocenters. The zero-order chi connectivity index (χ0) is 17.3. The summed E-state index contributed by atoms with van der Waals surface area (Å²) in [5.74, 6) is 0.566. The number of halogens is 1. The molecule has 1 heterocycles. The van der Waals surface area contributed by atoms with Crippen LogP contribution in [-0.4, -0.2) is 39.2 Å². The van der Waals surface area contributed by atoms with Crippen LogP contribution in [0.5, 0.6) is 0 Å². The van der Waals surface area contributed by atoms with E-state index < -0.39 is 10.0 Å². The lowest BCUT2D eigenvalue weighted by atomic mass is 10.2. The van der Waals surface area contributed by atoms with Gasteiger partial charge in [0, 0.05) is 36.3 Å². The van der Waals surface area contributed by atoms with Crippen molar-refractivity contribution in [2.45, 2.75) is 21.1 Å². The van der Waals surface area contributed by atoms with E-state index in [9.17, 15) is 8.42 Å². The summed E-state index contributed by atoms with van der Waals surface area (Å²) < 4.78 is 26.2. The lowest BCUT2D eigenvalue weighted by Gasteiger charge is -2.33. The van der Waals surface area contributed by atoms with E-state index in [0.29, 0.717) is 10.8 Å². The molecule has 0 radical (unpaired) electrons. The van der Waals surface area contributed by atoms with E-state index >= 15 is 0 Å². The van der Waals surface area contributed by atoms with Gasteiger partial charge in [-0.3, -0.25) is 0 Å². The van der Waals surface area contributed by atoms with Gasteiger partial charge in [0.1, 0.15) is 0 Å². The summed E-state index contributed by atoms with van der Waals surface area (Å²) in [6.07, 6.45) is 0.824. The van der Waals surface area contributed by atoms with Crippen molar-refractivity contribution in [3.8, 4) is 0 Å². The summed E-state index contributed by atoms with van der Waals surface area (Å²) in [5, 5.41) is 0. The maximum Gasteiger partial charge on any atom is 0.242 e. The molecule has 0 spiro atoms. The van der Waals surface area contributed by atoms with Crippen molar-refractivity contribution in [2.24, 2.45) is 0 Å². The van der Waals surface area contributed by atoms with Gasteiger partial charge < -0.3 is 4.90 Å². The molecular formula is C17H19ClN2O2S2. The van der Waals surface area contributed by atoms with Crippen LogP contribution in [0.15, 0.2) is 57.2 Å². The molecule has 0 aliphatic carbocycles. The summed E-state index contributed by atoms with van der Waals surface area (Å²) in [7, 11) is -0.369. The molecule has 1 aliphatic heterocycles. The number of anilines is 2. The van der Waals surface area contributed by atoms with E-state index in [2.05, 4.69) is 17.0 Å². The Morgan fingerprint density at radius 2 is 1.79 bits per heavy atom. The van der Waals surface area contributed by atoms with Crippen molar-refractivity contribution in [3.05, 3.63) is 42.5 Å². The maximum absolute atomic E-state index is 12.5. The summed E-state index contributed by atoms with van der Waals surface area (Å²) in [5.41, 5.74) is 2.02. The van der Waals surface area contributed by atoms with Gasteiger partial charge in [-0.05, 0) is 36.8 Å². The number of alkyl halides is 1. The highest BCUT2D eigenvalue weighted by Crippen LogP contribution is 2.48. The van der Waals surface area contributed by atoms with Gasteiger partial charge >= 0.3 is 0 Å². The lowest BCUT2D eigenvalue weighted by Crippen LogP contribution is -2.25. The molecular weight excluding hydrogens is 364 g/mol. The Hall–Kier alpha value is -1.21. The van der Waals surface area contributed by atoms with Crippen LogP contribution in [0.4, 0.5) is 11.4 Å². The smallest absolute Gasteiger partial charge is 0.242 e. The number of hydrogen-bond donors (Lipinski definition) is 0. The molecule has 0 fully saturated rings. The SMILES string of the molecule is CN(C)S(=O)(=O)c1ccc2c(c1)N(CCCCl)c1ccccc1S2. The predicted molar refractivity (Wildman–Crippen MR) is 100 cm³/mol. The third-order valence-electron chi connectivity index (χ3n) is 3.89. The van der Waals surface area contributed by atoms with Gasteiger partial charge in [-0.25, -0.2) is 12.7 Å². The van der Waals surface area contributed by atoms with E-state index in [-0.39, 0.29) is 0 Å².